The minimum absolute atomic E-state index is 0.212. The lowest BCUT2D eigenvalue weighted by Crippen LogP contribution is -2.37. The second-order valence-corrected chi connectivity index (χ2v) is 4.43. The molecule has 5 nitrogen and oxygen atoms in total. The van der Waals surface area contributed by atoms with Crippen molar-refractivity contribution in [3.8, 4) is 5.88 Å². The van der Waals surface area contributed by atoms with Gasteiger partial charge in [-0.05, 0) is 25.5 Å². The Balaban J connectivity index is 1.89. The molecule has 1 fully saturated rings. The molecular weight excluding hydrogens is 216 g/mol. The normalized spacial score (nSPS) is 20.6. The van der Waals surface area contributed by atoms with E-state index in [0.717, 1.165) is 37.0 Å². The molecule has 0 bridgehead atoms. The second-order valence-electron chi connectivity index (χ2n) is 4.43. The molecule has 3 heterocycles. The summed E-state index contributed by atoms with van der Waals surface area (Å²) in [7, 11) is 1.97. The van der Waals surface area contributed by atoms with Crippen LogP contribution in [0.4, 0.5) is 0 Å². The topological polar surface area (TPSA) is 52.0 Å². The summed E-state index contributed by atoms with van der Waals surface area (Å²) >= 11 is 0. The molecule has 0 amide bonds. The summed E-state index contributed by atoms with van der Waals surface area (Å²) in [6.45, 7) is 1.98. The van der Waals surface area contributed by atoms with Crippen LogP contribution in [0, 0.1) is 0 Å². The Labute approximate surface area is 99.8 Å². The molecule has 0 spiro atoms. The first kappa shape index (κ1) is 10.5. The number of hydrogen-bond donors (Lipinski definition) is 1. The average Bonchev–Trinajstić information content (AvgIpc) is 2.74. The predicted molar refractivity (Wildman–Crippen MR) is 65.0 cm³/mol. The first-order valence-electron chi connectivity index (χ1n) is 5.98. The molecule has 0 aromatic carbocycles. The SMILES string of the molecule is Cn1cnc2c(OC3CCCNC3)nccc21. The van der Waals surface area contributed by atoms with E-state index in [2.05, 4.69) is 15.3 Å². The summed E-state index contributed by atoms with van der Waals surface area (Å²) in [5.74, 6) is 0.650. The molecule has 0 saturated carbocycles. The van der Waals surface area contributed by atoms with Crippen molar-refractivity contribution in [1.29, 1.82) is 0 Å². The van der Waals surface area contributed by atoms with E-state index in [1.54, 1.807) is 12.5 Å². The first-order valence-corrected chi connectivity index (χ1v) is 5.98. The van der Waals surface area contributed by atoms with Crippen molar-refractivity contribution in [2.24, 2.45) is 7.05 Å². The Morgan fingerprint density at radius 3 is 3.24 bits per heavy atom. The van der Waals surface area contributed by atoms with Crippen molar-refractivity contribution in [2.45, 2.75) is 18.9 Å². The van der Waals surface area contributed by atoms with Crippen LogP contribution >= 0.6 is 0 Å². The maximum absolute atomic E-state index is 5.93. The maximum Gasteiger partial charge on any atom is 0.242 e. The van der Waals surface area contributed by atoms with Gasteiger partial charge in [0.15, 0.2) is 5.52 Å². The highest BCUT2D eigenvalue weighted by molar-refractivity contribution is 5.79. The Bertz CT molecular complexity index is 516. The number of piperidine rings is 1. The molecule has 5 heteroatoms. The van der Waals surface area contributed by atoms with Crippen LogP contribution in [-0.2, 0) is 7.05 Å². The first-order chi connectivity index (χ1) is 8.34. The zero-order valence-corrected chi connectivity index (χ0v) is 9.89. The number of pyridine rings is 1. The standard InChI is InChI=1S/C12H16N4O/c1-16-8-15-11-10(16)4-6-14-12(11)17-9-3-2-5-13-7-9/h4,6,8-9,13H,2-3,5,7H2,1H3. The van der Waals surface area contributed by atoms with Crippen molar-refractivity contribution in [3.63, 3.8) is 0 Å². The molecule has 0 radical (unpaired) electrons. The monoisotopic (exact) mass is 232 g/mol. The highest BCUT2D eigenvalue weighted by atomic mass is 16.5. The zero-order chi connectivity index (χ0) is 11.7. The van der Waals surface area contributed by atoms with Crippen LogP contribution in [0.2, 0.25) is 0 Å². The fourth-order valence-electron chi connectivity index (χ4n) is 2.20. The van der Waals surface area contributed by atoms with Gasteiger partial charge in [0, 0.05) is 19.8 Å². The highest BCUT2D eigenvalue weighted by Crippen LogP contribution is 2.22. The fraction of sp³-hybridized carbons (Fsp3) is 0.500. The van der Waals surface area contributed by atoms with Gasteiger partial charge < -0.3 is 14.6 Å². The second kappa shape index (κ2) is 4.33. The summed E-state index contributed by atoms with van der Waals surface area (Å²) < 4.78 is 7.91. The Morgan fingerprint density at radius 1 is 1.47 bits per heavy atom. The summed E-state index contributed by atoms with van der Waals surface area (Å²) in [6.07, 6.45) is 6.01. The molecule has 2 aromatic rings. The molecule has 1 aliphatic rings. The van der Waals surface area contributed by atoms with Gasteiger partial charge in [-0.2, -0.15) is 0 Å². The van der Waals surface area contributed by atoms with Crippen LogP contribution in [0.15, 0.2) is 18.6 Å². The Kier molecular flexibility index (Phi) is 2.68. The van der Waals surface area contributed by atoms with E-state index in [4.69, 9.17) is 4.74 Å². The molecule has 1 saturated heterocycles. The third kappa shape index (κ3) is 1.98. The van der Waals surface area contributed by atoms with Crippen molar-refractivity contribution in [2.75, 3.05) is 13.1 Å². The van der Waals surface area contributed by atoms with Crippen LogP contribution in [-0.4, -0.2) is 33.7 Å². The van der Waals surface area contributed by atoms with E-state index in [1.165, 1.54) is 0 Å². The Morgan fingerprint density at radius 2 is 2.41 bits per heavy atom. The summed E-state index contributed by atoms with van der Waals surface area (Å²) in [4.78, 5) is 8.63. The number of aromatic nitrogens is 3. The molecule has 1 unspecified atom stereocenters. The van der Waals surface area contributed by atoms with Gasteiger partial charge in [0.1, 0.15) is 6.10 Å². The lowest BCUT2D eigenvalue weighted by atomic mass is 10.1. The molecule has 2 aromatic heterocycles. The van der Waals surface area contributed by atoms with E-state index < -0.39 is 0 Å². The van der Waals surface area contributed by atoms with Crippen LogP contribution in [0.1, 0.15) is 12.8 Å². The number of imidazole rings is 1. The minimum Gasteiger partial charge on any atom is -0.471 e. The molecule has 1 aliphatic heterocycles. The predicted octanol–water partition coefficient (Wildman–Crippen LogP) is 1.10. The van der Waals surface area contributed by atoms with Crippen molar-refractivity contribution < 1.29 is 4.74 Å². The minimum atomic E-state index is 0.212. The number of aryl methyl sites for hydroxylation is 1. The smallest absolute Gasteiger partial charge is 0.242 e. The molecule has 17 heavy (non-hydrogen) atoms. The van der Waals surface area contributed by atoms with E-state index in [9.17, 15) is 0 Å². The van der Waals surface area contributed by atoms with Crippen LogP contribution in [0.3, 0.4) is 0 Å². The summed E-state index contributed by atoms with van der Waals surface area (Å²) in [5, 5.41) is 3.33. The highest BCUT2D eigenvalue weighted by Gasteiger charge is 2.17. The molecule has 1 atom stereocenters. The third-order valence-corrected chi connectivity index (χ3v) is 3.14. The van der Waals surface area contributed by atoms with Gasteiger partial charge in [-0.15, -0.1) is 0 Å². The average molecular weight is 232 g/mol. The van der Waals surface area contributed by atoms with Gasteiger partial charge in [0.05, 0.1) is 11.8 Å². The van der Waals surface area contributed by atoms with Crippen molar-refractivity contribution in [3.05, 3.63) is 18.6 Å². The van der Waals surface area contributed by atoms with Gasteiger partial charge in [-0.3, -0.25) is 0 Å². The summed E-state index contributed by atoms with van der Waals surface area (Å²) in [6, 6.07) is 1.95. The summed E-state index contributed by atoms with van der Waals surface area (Å²) in [5.41, 5.74) is 1.90. The molecular formula is C12H16N4O. The van der Waals surface area contributed by atoms with E-state index in [1.807, 2.05) is 17.7 Å². The quantitative estimate of drug-likeness (QED) is 0.842. The third-order valence-electron chi connectivity index (χ3n) is 3.14. The van der Waals surface area contributed by atoms with E-state index in [-0.39, 0.29) is 6.10 Å². The number of ether oxygens (including phenoxy) is 1. The van der Waals surface area contributed by atoms with Gasteiger partial charge in [0.25, 0.3) is 0 Å². The number of rotatable bonds is 2. The number of nitrogens with zero attached hydrogens (tertiary/aromatic N) is 3. The largest absolute Gasteiger partial charge is 0.471 e. The lowest BCUT2D eigenvalue weighted by Gasteiger charge is -2.23. The van der Waals surface area contributed by atoms with E-state index >= 15 is 0 Å². The molecule has 90 valence electrons. The number of nitrogens with one attached hydrogen (secondary N) is 1. The van der Waals surface area contributed by atoms with Gasteiger partial charge in [-0.25, -0.2) is 9.97 Å². The zero-order valence-electron chi connectivity index (χ0n) is 9.89. The Hall–Kier alpha value is -1.62. The maximum atomic E-state index is 5.93. The van der Waals surface area contributed by atoms with Gasteiger partial charge in [0.2, 0.25) is 5.88 Å². The van der Waals surface area contributed by atoms with Crippen LogP contribution in [0.5, 0.6) is 5.88 Å². The molecule has 3 rings (SSSR count). The lowest BCUT2D eigenvalue weighted by molar-refractivity contribution is 0.162. The van der Waals surface area contributed by atoms with Crippen LogP contribution < -0.4 is 10.1 Å². The molecule has 0 aliphatic carbocycles. The van der Waals surface area contributed by atoms with Gasteiger partial charge >= 0.3 is 0 Å². The van der Waals surface area contributed by atoms with Gasteiger partial charge in [-0.1, -0.05) is 0 Å². The number of fused-ring (bicyclic) bond motifs is 1. The molecule has 1 N–H and O–H groups in total. The fourth-order valence-corrected chi connectivity index (χ4v) is 2.20. The van der Waals surface area contributed by atoms with E-state index in [0.29, 0.717) is 5.88 Å². The van der Waals surface area contributed by atoms with Crippen molar-refractivity contribution in [1.82, 2.24) is 19.9 Å². The van der Waals surface area contributed by atoms with Crippen LogP contribution in [0.25, 0.3) is 11.0 Å². The van der Waals surface area contributed by atoms with Crippen molar-refractivity contribution >= 4 is 11.0 Å². The number of hydrogen-bond acceptors (Lipinski definition) is 4.